The zero-order valence-corrected chi connectivity index (χ0v) is 13.2. The second-order valence-corrected chi connectivity index (χ2v) is 6.07. The van der Waals surface area contributed by atoms with E-state index in [4.69, 9.17) is 9.84 Å². The van der Waals surface area contributed by atoms with Crippen LogP contribution in [0.3, 0.4) is 0 Å². The maximum Gasteiger partial charge on any atom is 0.130 e. The highest BCUT2D eigenvalue weighted by atomic mass is 16.5. The Hall–Kier alpha value is -1.81. The molecule has 1 aliphatic rings. The topological polar surface area (TPSA) is 47.3 Å². The third-order valence-electron chi connectivity index (χ3n) is 4.32. The lowest BCUT2D eigenvalue weighted by Crippen LogP contribution is -2.12. The highest BCUT2D eigenvalue weighted by Gasteiger charge is 2.20. The zero-order valence-electron chi connectivity index (χ0n) is 13.2. The Morgan fingerprint density at radius 1 is 1.23 bits per heavy atom. The number of aliphatic hydroxyl groups is 1. The van der Waals surface area contributed by atoms with Crippen molar-refractivity contribution >= 4 is 0 Å². The molecule has 4 heteroatoms. The van der Waals surface area contributed by atoms with Crippen LogP contribution in [0.5, 0.6) is 5.75 Å². The van der Waals surface area contributed by atoms with Gasteiger partial charge in [0, 0.05) is 6.61 Å². The molecule has 0 aliphatic heterocycles. The average Bonchev–Trinajstić information content (AvgIpc) is 3.16. The van der Waals surface area contributed by atoms with Gasteiger partial charge in [0.2, 0.25) is 0 Å². The van der Waals surface area contributed by atoms with E-state index in [0.717, 1.165) is 22.7 Å². The van der Waals surface area contributed by atoms with E-state index in [1.54, 1.807) is 0 Å². The number of aliphatic hydroxyl groups excluding tert-OH is 1. The van der Waals surface area contributed by atoms with E-state index >= 15 is 0 Å². The molecule has 1 fully saturated rings. The lowest BCUT2D eigenvalue weighted by molar-refractivity contribution is 0.283. The molecule has 1 N–H and O–H groups in total. The van der Waals surface area contributed by atoms with Gasteiger partial charge in [0.1, 0.15) is 12.4 Å². The molecule has 0 amide bonds. The molecule has 0 unspecified atom stereocenters. The molecular weight excluding hydrogens is 276 g/mol. The van der Waals surface area contributed by atoms with Crippen LogP contribution in [0.1, 0.15) is 48.7 Å². The predicted octanol–water partition coefficient (Wildman–Crippen LogP) is 3.42. The Bertz CT molecular complexity index is 598. The van der Waals surface area contributed by atoms with Gasteiger partial charge in [0.05, 0.1) is 17.4 Å². The van der Waals surface area contributed by atoms with Crippen molar-refractivity contribution in [3.05, 3.63) is 47.3 Å². The van der Waals surface area contributed by atoms with Crippen LogP contribution in [-0.2, 0) is 13.0 Å². The molecule has 1 heterocycles. The molecular formula is C18H24N2O2. The molecule has 1 aliphatic carbocycles. The number of hydrogen-bond donors (Lipinski definition) is 1. The Balaban J connectivity index is 1.65. The van der Waals surface area contributed by atoms with Crippen molar-refractivity contribution in [2.75, 3.05) is 6.61 Å². The van der Waals surface area contributed by atoms with Crippen molar-refractivity contribution in [1.29, 1.82) is 0 Å². The van der Waals surface area contributed by atoms with Gasteiger partial charge in [-0.05, 0) is 49.9 Å². The Morgan fingerprint density at radius 2 is 1.95 bits per heavy atom. The maximum atomic E-state index is 8.94. The molecule has 4 nitrogen and oxygen atoms in total. The minimum absolute atomic E-state index is 0.181. The molecule has 0 spiro atoms. The lowest BCUT2D eigenvalue weighted by atomic mass is 10.1. The van der Waals surface area contributed by atoms with Gasteiger partial charge in [-0.1, -0.05) is 25.0 Å². The van der Waals surface area contributed by atoms with Gasteiger partial charge in [0.25, 0.3) is 0 Å². The maximum absolute atomic E-state index is 8.94. The van der Waals surface area contributed by atoms with Crippen molar-refractivity contribution in [2.24, 2.45) is 0 Å². The first-order valence-corrected chi connectivity index (χ1v) is 8.14. The van der Waals surface area contributed by atoms with Gasteiger partial charge < -0.3 is 9.84 Å². The van der Waals surface area contributed by atoms with E-state index in [1.165, 1.54) is 25.7 Å². The van der Waals surface area contributed by atoms with Crippen molar-refractivity contribution < 1.29 is 9.84 Å². The van der Waals surface area contributed by atoms with E-state index in [9.17, 15) is 0 Å². The molecule has 1 saturated carbocycles. The molecule has 22 heavy (non-hydrogen) atoms. The molecule has 0 atom stereocenters. The highest BCUT2D eigenvalue weighted by Crippen LogP contribution is 2.30. The fourth-order valence-corrected chi connectivity index (χ4v) is 3.18. The van der Waals surface area contributed by atoms with Gasteiger partial charge in [0.15, 0.2) is 0 Å². The summed E-state index contributed by atoms with van der Waals surface area (Å²) >= 11 is 0. The van der Waals surface area contributed by atoms with E-state index in [2.05, 4.69) is 15.8 Å². The van der Waals surface area contributed by atoms with Crippen LogP contribution in [0, 0.1) is 6.92 Å². The van der Waals surface area contributed by atoms with E-state index in [-0.39, 0.29) is 6.61 Å². The molecule has 0 radical (unpaired) electrons. The Labute approximate surface area is 131 Å². The minimum Gasteiger partial charge on any atom is -0.487 e. The van der Waals surface area contributed by atoms with Crippen LogP contribution >= 0.6 is 0 Å². The standard InChI is InChI=1S/C18H24N2O2/c1-14-12-17(20(19-14)16-4-2-3-5-16)13-22-18-8-6-15(7-9-18)10-11-21/h6-9,12,16,21H,2-5,10-11,13H2,1H3. The molecule has 1 aromatic carbocycles. The van der Waals surface area contributed by atoms with Crippen molar-refractivity contribution in [2.45, 2.75) is 51.7 Å². The molecule has 3 rings (SSSR count). The van der Waals surface area contributed by atoms with Gasteiger partial charge in [-0.15, -0.1) is 0 Å². The van der Waals surface area contributed by atoms with E-state index in [0.29, 0.717) is 19.1 Å². The van der Waals surface area contributed by atoms with Crippen LogP contribution in [0.15, 0.2) is 30.3 Å². The molecule has 118 valence electrons. The Kier molecular flexibility index (Phi) is 4.78. The predicted molar refractivity (Wildman–Crippen MR) is 86.0 cm³/mol. The smallest absolute Gasteiger partial charge is 0.130 e. The normalized spacial score (nSPS) is 15.4. The average molecular weight is 300 g/mol. The van der Waals surface area contributed by atoms with Crippen LogP contribution in [-0.4, -0.2) is 21.5 Å². The number of aromatic nitrogens is 2. The summed E-state index contributed by atoms with van der Waals surface area (Å²) in [6, 6.07) is 10.6. The van der Waals surface area contributed by atoms with Crippen LogP contribution in [0.4, 0.5) is 0 Å². The van der Waals surface area contributed by atoms with Gasteiger partial charge in [-0.3, -0.25) is 4.68 Å². The fraction of sp³-hybridized carbons (Fsp3) is 0.500. The van der Waals surface area contributed by atoms with Crippen LogP contribution in [0.2, 0.25) is 0 Å². The van der Waals surface area contributed by atoms with Crippen molar-refractivity contribution in [1.82, 2.24) is 9.78 Å². The third-order valence-corrected chi connectivity index (χ3v) is 4.32. The number of benzene rings is 1. The summed E-state index contributed by atoms with van der Waals surface area (Å²) in [4.78, 5) is 0. The summed E-state index contributed by atoms with van der Waals surface area (Å²) in [6.45, 7) is 2.77. The summed E-state index contributed by atoms with van der Waals surface area (Å²) in [6.07, 6.45) is 5.74. The van der Waals surface area contributed by atoms with Gasteiger partial charge in [-0.2, -0.15) is 5.10 Å². The quantitative estimate of drug-likeness (QED) is 0.889. The summed E-state index contributed by atoms with van der Waals surface area (Å²) < 4.78 is 8.08. The van der Waals surface area contributed by atoms with Crippen molar-refractivity contribution in [3.63, 3.8) is 0 Å². The van der Waals surface area contributed by atoms with E-state index < -0.39 is 0 Å². The number of aryl methyl sites for hydroxylation is 1. The van der Waals surface area contributed by atoms with Gasteiger partial charge in [-0.25, -0.2) is 0 Å². The summed E-state index contributed by atoms with van der Waals surface area (Å²) in [5, 5.41) is 13.6. The minimum atomic E-state index is 0.181. The van der Waals surface area contributed by atoms with E-state index in [1.807, 2.05) is 31.2 Å². The summed E-state index contributed by atoms with van der Waals surface area (Å²) in [7, 11) is 0. The first-order chi connectivity index (χ1) is 10.8. The zero-order chi connectivity index (χ0) is 15.4. The first-order valence-electron chi connectivity index (χ1n) is 8.14. The number of nitrogens with zero attached hydrogens (tertiary/aromatic N) is 2. The molecule has 2 aromatic rings. The second-order valence-electron chi connectivity index (χ2n) is 6.07. The Morgan fingerprint density at radius 3 is 2.64 bits per heavy atom. The third kappa shape index (κ3) is 3.50. The highest BCUT2D eigenvalue weighted by molar-refractivity contribution is 5.27. The fourth-order valence-electron chi connectivity index (χ4n) is 3.18. The van der Waals surface area contributed by atoms with Crippen LogP contribution < -0.4 is 4.74 Å². The summed E-state index contributed by atoms with van der Waals surface area (Å²) in [5.74, 6) is 0.860. The number of hydrogen-bond acceptors (Lipinski definition) is 3. The number of rotatable bonds is 6. The summed E-state index contributed by atoms with van der Waals surface area (Å²) in [5.41, 5.74) is 3.34. The number of ether oxygens (including phenoxy) is 1. The SMILES string of the molecule is Cc1cc(COc2ccc(CCO)cc2)n(C2CCCC2)n1. The van der Waals surface area contributed by atoms with Crippen molar-refractivity contribution in [3.8, 4) is 5.75 Å². The van der Waals surface area contributed by atoms with Gasteiger partial charge >= 0.3 is 0 Å². The monoisotopic (exact) mass is 300 g/mol. The first kappa shape index (κ1) is 15.1. The molecule has 0 saturated heterocycles. The lowest BCUT2D eigenvalue weighted by Gasteiger charge is -2.15. The molecule has 1 aromatic heterocycles. The largest absolute Gasteiger partial charge is 0.487 e. The molecule has 0 bridgehead atoms. The van der Waals surface area contributed by atoms with Crippen LogP contribution in [0.25, 0.3) is 0 Å². The second kappa shape index (κ2) is 6.97.